The van der Waals surface area contributed by atoms with E-state index in [1.165, 1.54) is 5.56 Å². The Morgan fingerprint density at radius 1 is 1.29 bits per heavy atom. The highest BCUT2D eigenvalue weighted by Gasteiger charge is 2.10. The largest absolute Gasteiger partial charge is 0.379 e. The third kappa shape index (κ3) is 5.69. The molecule has 1 heterocycles. The number of rotatable bonds is 7. The summed E-state index contributed by atoms with van der Waals surface area (Å²) in [7, 11) is 0. The lowest BCUT2D eigenvalue weighted by molar-refractivity contribution is 0.0374. The summed E-state index contributed by atoms with van der Waals surface area (Å²) >= 11 is 1.79. The van der Waals surface area contributed by atoms with Crippen LogP contribution in [0, 0.1) is 0 Å². The number of thioether (sulfide) groups is 1. The van der Waals surface area contributed by atoms with E-state index in [2.05, 4.69) is 16.5 Å². The van der Waals surface area contributed by atoms with Gasteiger partial charge >= 0.3 is 0 Å². The number of benzene rings is 1. The minimum absolute atomic E-state index is 0.0210. The van der Waals surface area contributed by atoms with E-state index in [9.17, 15) is 4.79 Å². The maximum absolute atomic E-state index is 12.0. The fourth-order valence-electron chi connectivity index (χ4n) is 2.35. The van der Waals surface area contributed by atoms with Crippen molar-refractivity contribution in [1.29, 1.82) is 0 Å². The Bertz CT molecular complexity index is 430. The summed E-state index contributed by atoms with van der Waals surface area (Å²) in [6.45, 7) is 5.41. The summed E-state index contributed by atoms with van der Waals surface area (Å²) in [5.41, 5.74) is 2.00. The average molecular weight is 308 g/mol. The van der Waals surface area contributed by atoms with Crippen LogP contribution >= 0.6 is 11.8 Å². The zero-order chi connectivity index (χ0) is 14.9. The monoisotopic (exact) mass is 308 g/mol. The van der Waals surface area contributed by atoms with E-state index in [0.717, 1.165) is 57.1 Å². The van der Waals surface area contributed by atoms with E-state index >= 15 is 0 Å². The van der Waals surface area contributed by atoms with Crippen molar-refractivity contribution >= 4 is 17.7 Å². The van der Waals surface area contributed by atoms with Crippen molar-refractivity contribution < 1.29 is 9.53 Å². The molecular formula is C16H24N2O2S. The van der Waals surface area contributed by atoms with Gasteiger partial charge in [-0.25, -0.2) is 0 Å². The molecule has 0 saturated carbocycles. The third-order valence-corrected chi connectivity index (χ3v) is 4.19. The van der Waals surface area contributed by atoms with Gasteiger partial charge in [0, 0.05) is 31.0 Å². The Balaban J connectivity index is 1.66. The first-order valence-corrected chi connectivity index (χ1v) is 8.85. The molecule has 0 bridgehead atoms. The van der Waals surface area contributed by atoms with Gasteiger partial charge in [0.25, 0.3) is 5.91 Å². The van der Waals surface area contributed by atoms with Crippen molar-refractivity contribution in [1.82, 2.24) is 10.2 Å². The molecule has 1 fully saturated rings. The lowest BCUT2D eigenvalue weighted by Crippen LogP contribution is -2.38. The van der Waals surface area contributed by atoms with Crippen molar-refractivity contribution in [3.05, 3.63) is 35.4 Å². The molecule has 0 atom stereocenters. The van der Waals surface area contributed by atoms with Gasteiger partial charge in [-0.05, 0) is 36.9 Å². The highest BCUT2D eigenvalue weighted by atomic mass is 32.2. The quantitative estimate of drug-likeness (QED) is 0.782. The Hall–Kier alpha value is -1.04. The van der Waals surface area contributed by atoms with Crippen LogP contribution in [0.15, 0.2) is 24.3 Å². The number of hydrogen-bond acceptors (Lipinski definition) is 4. The van der Waals surface area contributed by atoms with E-state index in [-0.39, 0.29) is 5.91 Å². The number of amides is 1. The zero-order valence-electron chi connectivity index (χ0n) is 12.6. The van der Waals surface area contributed by atoms with Crippen LogP contribution in [0.4, 0.5) is 0 Å². The molecule has 4 nitrogen and oxygen atoms in total. The molecule has 1 aromatic carbocycles. The fraction of sp³-hybridized carbons (Fsp3) is 0.562. The molecule has 0 aromatic heterocycles. The molecule has 0 unspecified atom stereocenters. The smallest absolute Gasteiger partial charge is 0.251 e. The second kappa shape index (κ2) is 9.07. The van der Waals surface area contributed by atoms with Gasteiger partial charge in [-0.2, -0.15) is 11.8 Å². The van der Waals surface area contributed by atoms with Crippen LogP contribution in [-0.2, 0) is 10.5 Å². The van der Waals surface area contributed by atoms with Crippen molar-refractivity contribution in [3.63, 3.8) is 0 Å². The van der Waals surface area contributed by atoms with Crippen LogP contribution in [0.3, 0.4) is 0 Å². The van der Waals surface area contributed by atoms with E-state index in [0.29, 0.717) is 0 Å². The van der Waals surface area contributed by atoms with Crippen LogP contribution < -0.4 is 5.32 Å². The molecule has 0 spiro atoms. The number of ether oxygens (including phenoxy) is 1. The van der Waals surface area contributed by atoms with Gasteiger partial charge in [0.1, 0.15) is 0 Å². The van der Waals surface area contributed by atoms with Crippen LogP contribution in [0.2, 0.25) is 0 Å². The summed E-state index contributed by atoms with van der Waals surface area (Å²) in [4.78, 5) is 14.4. The SMILES string of the molecule is CSCc1ccc(C(=O)NCCCN2CCOCC2)cc1. The van der Waals surface area contributed by atoms with Crippen LogP contribution in [0.25, 0.3) is 0 Å². The Morgan fingerprint density at radius 2 is 2.00 bits per heavy atom. The van der Waals surface area contributed by atoms with E-state index in [1.54, 1.807) is 11.8 Å². The van der Waals surface area contributed by atoms with Crippen molar-refractivity contribution in [3.8, 4) is 0 Å². The molecule has 1 aliphatic heterocycles. The molecule has 5 heteroatoms. The van der Waals surface area contributed by atoms with Gasteiger partial charge in [-0.15, -0.1) is 0 Å². The number of hydrogen-bond donors (Lipinski definition) is 1. The van der Waals surface area contributed by atoms with E-state index in [1.807, 2.05) is 24.3 Å². The molecule has 1 aliphatic rings. The molecule has 2 rings (SSSR count). The number of nitrogens with one attached hydrogen (secondary N) is 1. The molecule has 1 aromatic rings. The van der Waals surface area contributed by atoms with Gasteiger partial charge in [-0.3, -0.25) is 9.69 Å². The zero-order valence-corrected chi connectivity index (χ0v) is 13.5. The molecule has 0 aliphatic carbocycles. The van der Waals surface area contributed by atoms with Gasteiger partial charge < -0.3 is 10.1 Å². The van der Waals surface area contributed by atoms with Crippen LogP contribution in [0.5, 0.6) is 0 Å². The van der Waals surface area contributed by atoms with Gasteiger partial charge in [0.2, 0.25) is 0 Å². The standard InChI is InChI=1S/C16H24N2O2S/c1-21-13-14-3-5-15(6-4-14)16(19)17-7-2-8-18-9-11-20-12-10-18/h3-6H,2,7-13H2,1H3,(H,17,19). The maximum atomic E-state index is 12.0. The first-order chi connectivity index (χ1) is 10.3. The Labute approximate surface area is 131 Å². The van der Waals surface area contributed by atoms with Crippen molar-refractivity contribution in [2.24, 2.45) is 0 Å². The predicted molar refractivity (Wildman–Crippen MR) is 87.9 cm³/mol. The summed E-state index contributed by atoms with van der Waals surface area (Å²) in [6, 6.07) is 7.87. The first-order valence-electron chi connectivity index (χ1n) is 7.46. The summed E-state index contributed by atoms with van der Waals surface area (Å²) in [6.07, 6.45) is 3.06. The Morgan fingerprint density at radius 3 is 2.67 bits per heavy atom. The minimum Gasteiger partial charge on any atom is -0.379 e. The van der Waals surface area contributed by atoms with E-state index in [4.69, 9.17) is 4.74 Å². The molecule has 1 amide bonds. The molecule has 21 heavy (non-hydrogen) atoms. The molecular weight excluding hydrogens is 284 g/mol. The van der Waals surface area contributed by atoms with Crippen LogP contribution in [-0.4, -0.2) is 56.5 Å². The van der Waals surface area contributed by atoms with Gasteiger partial charge in [-0.1, -0.05) is 12.1 Å². The first kappa shape index (κ1) is 16.3. The highest BCUT2D eigenvalue weighted by Crippen LogP contribution is 2.10. The van der Waals surface area contributed by atoms with Gasteiger partial charge in [0.05, 0.1) is 13.2 Å². The second-order valence-electron chi connectivity index (χ2n) is 5.19. The fourth-order valence-corrected chi connectivity index (χ4v) is 2.88. The maximum Gasteiger partial charge on any atom is 0.251 e. The molecule has 1 N–H and O–H groups in total. The third-order valence-electron chi connectivity index (χ3n) is 3.57. The lowest BCUT2D eigenvalue weighted by atomic mass is 10.1. The Kier molecular flexibility index (Phi) is 7.06. The minimum atomic E-state index is 0.0210. The number of morpholine rings is 1. The van der Waals surface area contributed by atoms with E-state index < -0.39 is 0 Å². The topological polar surface area (TPSA) is 41.6 Å². The number of carbonyl (C=O) groups is 1. The summed E-state index contributed by atoms with van der Waals surface area (Å²) < 4.78 is 5.32. The van der Waals surface area contributed by atoms with Crippen molar-refractivity contribution in [2.45, 2.75) is 12.2 Å². The van der Waals surface area contributed by atoms with Gasteiger partial charge in [0.15, 0.2) is 0 Å². The average Bonchev–Trinajstić information content (AvgIpc) is 2.53. The normalized spacial score (nSPS) is 15.9. The number of carbonyl (C=O) groups excluding carboxylic acids is 1. The second-order valence-corrected chi connectivity index (χ2v) is 6.06. The molecule has 0 radical (unpaired) electrons. The summed E-state index contributed by atoms with van der Waals surface area (Å²) in [5, 5.41) is 2.99. The lowest BCUT2D eigenvalue weighted by Gasteiger charge is -2.26. The predicted octanol–water partition coefficient (Wildman–Crippen LogP) is 2.00. The highest BCUT2D eigenvalue weighted by molar-refractivity contribution is 7.97. The molecule has 1 saturated heterocycles. The number of nitrogens with zero attached hydrogens (tertiary/aromatic N) is 1. The van der Waals surface area contributed by atoms with Crippen LogP contribution in [0.1, 0.15) is 22.3 Å². The molecule has 116 valence electrons. The van der Waals surface area contributed by atoms with Crippen molar-refractivity contribution in [2.75, 3.05) is 45.6 Å². The summed E-state index contributed by atoms with van der Waals surface area (Å²) in [5.74, 6) is 1.01.